The average Bonchev–Trinajstić information content (AvgIpc) is 2.30. The number of nitrogens with one attached hydrogen (secondary N) is 1. The van der Waals surface area contributed by atoms with Gasteiger partial charge in [0.05, 0.1) is 0 Å². The molecule has 0 aliphatic carbocycles. The third-order valence-electron chi connectivity index (χ3n) is 2.36. The van der Waals surface area contributed by atoms with Crippen molar-refractivity contribution >= 4 is 28.3 Å². The molecule has 0 aromatic heterocycles. The Bertz CT molecular complexity index is 399. The van der Waals surface area contributed by atoms with E-state index < -0.39 is 0 Å². The molecule has 1 N–H and O–H groups in total. The lowest BCUT2D eigenvalue weighted by molar-refractivity contribution is 0.779. The van der Waals surface area contributed by atoms with Gasteiger partial charge in [-0.05, 0) is 79.5 Å². The Balaban J connectivity index is 2.17. The number of hydrogen-bond donors (Lipinski definition) is 1. The van der Waals surface area contributed by atoms with E-state index in [9.17, 15) is 0 Å². The summed E-state index contributed by atoms with van der Waals surface area (Å²) in [7, 11) is 0. The second kappa shape index (κ2) is 8.37. The monoisotopic (exact) mass is 341 g/mol. The van der Waals surface area contributed by atoms with Crippen LogP contribution in [-0.2, 0) is 0 Å². The number of anilines is 1. The van der Waals surface area contributed by atoms with Gasteiger partial charge in [-0.1, -0.05) is 12.1 Å². The van der Waals surface area contributed by atoms with E-state index in [2.05, 4.69) is 77.8 Å². The molecule has 0 amide bonds. The number of rotatable bonds is 6. The summed E-state index contributed by atoms with van der Waals surface area (Å²) >= 11 is 2.36. The van der Waals surface area contributed by atoms with E-state index in [1.807, 2.05) is 0 Å². The van der Waals surface area contributed by atoms with Crippen LogP contribution in [-0.4, -0.2) is 6.54 Å². The summed E-state index contributed by atoms with van der Waals surface area (Å²) in [5, 5.41) is 3.47. The molecular weight excluding hydrogens is 321 g/mol. The summed E-state index contributed by atoms with van der Waals surface area (Å²) < 4.78 is 1.29. The summed E-state index contributed by atoms with van der Waals surface area (Å²) in [5.41, 5.74) is 5.73. The number of benzene rings is 1. The summed E-state index contributed by atoms with van der Waals surface area (Å²) in [5.74, 6) is 0. The predicted octanol–water partition coefficient (Wildman–Crippen LogP) is 4.99. The molecule has 0 spiro atoms. The highest BCUT2D eigenvalue weighted by atomic mass is 127. The Morgan fingerprint density at radius 1 is 1.29 bits per heavy atom. The first kappa shape index (κ1) is 14.3. The number of para-hydroxylation sites is 1. The van der Waals surface area contributed by atoms with Crippen LogP contribution < -0.4 is 5.32 Å². The Morgan fingerprint density at radius 3 is 2.76 bits per heavy atom. The zero-order valence-corrected chi connectivity index (χ0v) is 12.8. The van der Waals surface area contributed by atoms with Crippen molar-refractivity contribution in [3.8, 4) is 0 Å². The average molecular weight is 341 g/mol. The second-order valence-corrected chi connectivity index (χ2v) is 5.41. The number of allylic oxidation sites excluding steroid dienone is 1. The van der Waals surface area contributed by atoms with Gasteiger partial charge < -0.3 is 5.32 Å². The minimum absolute atomic E-state index is 1.04. The van der Waals surface area contributed by atoms with Crippen molar-refractivity contribution in [2.75, 3.05) is 11.9 Å². The largest absolute Gasteiger partial charge is 0.384 e. The highest BCUT2D eigenvalue weighted by Gasteiger charge is 1.95. The maximum atomic E-state index is 3.47. The van der Waals surface area contributed by atoms with Crippen molar-refractivity contribution < 1.29 is 0 Å². The van der Waals surface area contributed by atoms with Crippen LogP contribution in [0, 0.1) is 3.57 Å². The number of halogens is 1. The van der Waals surface area contributed by atoms with E-state index in [0.29, 0.717) is 0 Å². The molecule has 2 heteroatoms. The Labute approximate surface area is 118 Å². The normalized spacial score (nSPS) is 9.59. The van der Waals surface area contributed by atoms with Crippen LogP contribution in [0.3, 0.4) is 0 Å². The minimum Gasteiger partial charge on any atom is -0.384 e. The van der Waals surface area contributed by atoms with Crippen LogP contribution in [0.4, 0.5) is 5.69 Å². The van der Waals surface area contributed by atoms with Gasteiger partial charge in [-0.25, -0.2) is 0 Å². The van der Waals surface area contributed by atoms with Gasteiger partial charge in [0.25, 0.3) is 0 Å². The Hall–Kier alpha value is -0.730. The second-order valence-electron chi connectivity index (χ2n) is 4.25. The first-order chi connectivity index (χ1) is 8.20. The maximum absolute atomic E-state index is 3.47. The molecule has 0 fully saturated rings. The highest BCUT2D eigenvalue weighted by molar-refractivity contribution is 14.1. The van der Waals surface area contributed by atoms with Crippen LogP contribution in [0.1, 0.15) is 33.1 Å². The van der Waals surface area contributed by atoms with Gasteiger partial charge >= 0.3 is 0 Å². The molecule has 0 radical (unpaired) electrons. The lowest BCUT2D eigenvalue weighted by atomic mass is 10.2. The molecule has 0 aliphatic rings. The fourth-order valence-corrected chi connectivity index (χ4v) is 2.05. The van der Waals surface area contributed by atoms with Crippen LogP contribution in [0.2, 0.25) is 0 Å². The standard InChI is InChI=1S/C15H20IN/c1-13(2)9-5-3-4-8-12-17-15-11-7-6-10-14(15)16/h5-7,10-11,17H,3-4,8,12H2,1-2H3. The molecule has 92 valence electrons. The van der Waals surface area contributed by atoms with Crippen molar-refractivity contribution in [2.45, 2.75) is 33.1 Å². The van der Waals surface area contributed by atoms with Gasteiger partial charge in [0.2, 0.25) is 0 Å². The molecule has 0 heterocycles. The molecule has 1 nitrogen and oxygen atoms in total. The molecule has 0 aliphatic heterocycles. The van der Waals surface area contributed by atoms with E-state index in [4.69, 9.17) is 0 Å². The van der Waals surface area contributed by atoms with Gasteiger partial charge in [0.1, 0.15) is 0 Å². The highest BCUT2D eigenvalue weighted by Crippen LogP contribution is 2.16. The third kappa shape index (κ3) is 6.54. The van der Waals surface area contributed by atoms with Gasteiger partial charge in [-0.3, -0.25) is 0 Å². The van der Waals surface area contributed by atoms with E-state index >= 15 is 0 Å². The zero-order chi connectivity index (χ0) is 12.5. The predicted molar refractivity (Wildman–Crippen MR) is 84.4 cm³/mol. The summed E-state index contributed by atoms with van der Waals surface area (Å²) in [6, 6.07) is 8.39. The van der Waals surface area contributed by atoms with Crippen molar-refractivity contribution in [3.63, 3.8) is 0 Å². The summed E-state index contributed by atoms with van der Waals surface area (Å²) in [6.45, 7) is 5.20. The quantitative estimate of drug-likeness (QED) is 0.436. The van der Waals surface area contributed by atoms with Crippen LogP contribution in [0.15, 0.2) is 41.6 Å². The number of unbranched alkanes of at least 4 members (excludes halogenated alkanes) is 2. The van der Waals surface area contributed by atoms with Crippen LogP contribution in [0.25, 0.3) is 0 Å². The Kier molecular flexibility index (Phi) is 7.06. The topological polar surface area (TPSA) is 12.0 Å². The van der Waals surface area contributed by atoms with E-state index in [1.54, 1.807) is 0 Å². The molecule has 1 aromatic rings. The zero-order valence-electron chi connectivity index (χ0n) is 10.6. The first-order valence-electron chi connectivity index (χ1n) is 6.07. The summed E-state index contributed by atoms with van der Waals surface area (Å²) in [6.07, 6.45) is 5.68. The fourth-order valence-electron chi connectivity index (χ4n) is 1.48. The lowest BCUT2D eigenvalue weighted by Crippen LogP contribution is -2.02. The van der Waals surface area contributed by atoms with Crippen molar-refractivity contribution in [1.82, 2.24) is 0 Å². The molecule has 0 bridgehead atoms. The van der Waals surface area contributed by atoms with Crippen LogP contribution >= 0.6 is 22.6 Å². The van der Waals surface area contributed by atoms with Crippen LogP contribution in [0.5, 0.6) is 0 Å². The van der Waals surface area contributed by atoms with Gasteiger partial charge in [-0.2, -0.15) is 0 Å². The third-order valence-corrected chi connectivity index (χ3v) is 3.30. The maximum Gasteiger partial charge on any atom is 0.0475 e. The number of hydrogen-bond acceptors (Lipinski definition) is 1. The first-order valence-corrected chi connectivity index (χ1v) is 7.15. The smallest absolute Gasteiger partial charge is 0.0475 e. The van der Waals surface area contributed by atoms with Crippen molar-refractivity contribution in [1.29, 1.82) is 0 Å². The fraction of sp³-hybridized carbons (Fsp3) is 0.400. The van der Waals surface area contributed by atoms with Crippen molar-refractivity contribution in [3.05, 3.63) is 45.2 Å². The molecule has 0 atom stereocenters. The SMILES string of the molecule is CC(C)=C=CCCCCNc1ccccc1I. The minimum atomic E-state index is 1.04. The molecule has 1 rings (SSSR count). The molecule has 0 saturated heterocycles. The van der Waals surface area contributed by atoms with Gasteiger partial charge in [-0.15, -0.1) is 5.73 Å². The van der Waals surface area contributed by atoms with E-state index in [0.717, 1.165) is 13.0 Å². The lowest BCUT2D eigenvalue weighted by Gasteiger charge is -2.07. The van der Waals surface area contributed by atoms with Crippen molar-refractivity contribution in [2.24, 2.45) is 0 Å². The molecule has 17 heavy (non-hydrogen) atoms. The molecular formula is C15H20IN. The van der Waals surface area contributed by atoms with Gasteiger partial charge in [0, 0.05) is 15.8 Å². The summed E-state index contributed by atoms with van der Waals surface area (Å²) in [4.78, 5) is 0. The Morgan fingerprint density at radius 2 is 2.06 bits per heavy atom. The van der Waals surface area contributed by atoms with Gasteiger partial charge in [0.15, 0.2) is 0 Å². The van der Waals surface area contributed by atoms with E-state index in [1.165, 1.54) is 27.7 Å². The molecule has 1 aromatic carbocycles. The molecule has 0 saturated carbocycles. The molecule has 0 unspecified atom stereocenters. The van der Waals surface area contributed by atoms with E-state index in [-0.39, 0.29) is 0 Å².